The van der Waals surface area contributed by atoms with Crippen molar-refractivity contribution < 1.29 is 0 Å². The van der Waals surface area contributed by atoms with Crippen LogP contribution in [0.3, 0.4) is 0 Å². The zero-order valence-corrected chi connectivity index (χ0v) is 11.3. The molecule has 0 aromatic carbocycles. The van der Waals surface area contributed by atoms with Crippen molar-refractivity contribution >= 4 is 0 Å². The predicted octanol–water partition coefficient (Wildman–Crippen LogP) is 5.59. The zero-order chi connectivity index (χ0) is 11.5. The van der Waals surface area contributed by atoms with Gasteiger partial charge in [-0.1, -0.05) is 59.1 Å². The Morgan fingerprint density at radius 2 is 1.60 bits per heavy atom. The molecule has 0 saturated heterocycles. The monoisotopic (exact) mass is 210 g/mol. The summed E-state index contributed by atoms with van der Waals surface area (Å²) in [7, 11) is 0. The summed E-state index contributed by atoms with van der Waals surface area (Å²) < 4.78 is 0. The standard InChI is InChI=1S/C15H30/c1-5-8-9-10-11-12-13-15(7-3)14(4)6-2/h9-10,14-15H,5-8,11-13H2,1-4H3. The average Bonchev–Trinajstić information content (AvgIpc) is 2.27. The molecule has 0 nitrogen and oxygen atoms in total. The summed E-state index contributed by atoms with van der Waals surface area (Å²) in [6, 6.07) is 0. The van der Waals surface area contributed by atoms with E-state index in [0.29, 0.717) is 0 Å². The van der Waals surface area contributed by atoms with Crippen LogP contribution in [0.5, 0.6) is 0 Å². The van der Waals surface area contributed by atoms with E-state index in [2.05, 4.69) is 39.8 Å². The predicted molar refractivity (Wildman–Crippen MR) is 71.1 cm³/mol. The van der Waals surface area contributed by atoms with Gasteiger partial charge in [-0.15, -0.1) is 0 Å². The second-order valence-electron chi connectivity index (χ2n) is 4.74. The van der Waals surface area contributed by atoms with E-state index in [1.807, 2.05) is 0 Å². The van der Waals surface area contributed by atoms with Gasteiger partial charge in [0.05, 0.1) is 0 Å². The normalized spacial score (nSPS) is 15.7. The third-order valence-corrected chi connectivity index (χ3v) is 3.54. The van der Waals surface area contributed by atoms with Gasteiger partial charge in [-0.3, -0.25) is 0 Å². The maximum atomic E-state index is 2.40. The Morgan fingerprint density at radius 1 is 0.933 bits per heavy atom. The Kier molecular flexibility index (Phi) is 10.1. The van der Waals surface area contributed by atoms with Crippen LogP contribution in [0.25, 0.3) is 0 Å². The highest BCUT2D eigenvalue weighted by Crippen LogP contribution is 2.24. The van der Waals surface area contributed by atoms with E-state index in [1.165, 1.54) is 44.9 Å². The van der Waals surface area contributed by atoms with Crippen LogP contribution in [0.4, 0.5) is 0 Å². The molecule has 0 heteroatoms. The maximum absolute atomic E-state index is 2.40. The first kappa shape index (κ1) is 14.7. The van der Waals surface area contributed by atoms with Gasteiger partial charge in [0.1, 0.15) is 0 Å². The fourth-order valence-corrected chi connectivity index (χ4v) is 2.12. The van der Waals surface area contributed by atoms with Crippen molar-refractivity contribution in [2.75, 3.05) is 0 Å². The lowest BCUT2D eigenvalue weighted by molar-refractivity contribution is 0.312. The van der Waals surface area contributed by atoms with Crippen molar-refractivity contribution in [3.05, 3.63) is 12.2 Å². The quantitative estimate of drug-likeness (QED) is 0.344. The molecule has 0 amide bonds. The summed E-state index contributed by atoms with van der Waals surface area (Å²) in [4.78, 5) is 0. The lowest BCUT2D eigenvalue weighted by Crippen LogP contribution is -2.09. The van der Waals surface area contributed by atoms with Crippen molar-refractivity contribution in [1.82, 2.24) is 0 Å². The average molecular weight is 210 g/mol. The highest BCUT2D eigenvalue weighted by atomic mass is 14.2. The molecule has 0 aliphatic carbocycles. The van der Waals surface area contributed by atoms with E-state index < -0.39 is 0 Å². The Morgan fingerprint density at radius 3 is 2.13 bits per heavy atom. The minimum atomic E-state index is 0.912. The van der Waals surface area contributed by atoms with Gasteiger partial charge in [0, 0.05) is 0 Å². The molecule has 0 radical (unpaired) electrons. The lowest BCUT2D eigenvalue weighted by Gasteiger charge is -2.20. The number of hydrogen-bond donors (Lipinski definition) is 0. The molecule has 2 unspecified atom stereocenters. The first-order valence-electron chi connectivity index (χ1n) is 6.91. The molecule has 0 rings (SSSR count). The maximum Gasteiger partial charge on any atom is -0.0351 e. The molecule has 0 spiro atoms. The van der Waals surface area contributed by atoms with Crippen molar-refractivity contribution in [1.29, 1.82) is 0 Å². The van der Waals surface area contributed by atoms with Crippen LogP contribution in [-0.2, 0) is 0 Å². The molecular weight excluding hydrogens is 180 g/mol. The van der Waals surface area contributed by atoms with Crippen molar-refractivity contribution in [2.24, 2.45) is 11.8 Å². The number of rotatable bonds is 9. The van der Waals surface area contributed by atoms with Gasteiger partial charge in [-0.2, -0.15) is 0 Å². The Hall–Kier alpha value is -0.260. The minimum Gasteiger partial charge on any atom is -0.0885 e. The molecule has 0 aromatic heterocycles. The first-order chi connectivity index (χ1) is 7.26. The van der Waals surface area contributed by atoms with Crippen LogP contribution < -0.4 is 0 Å². The van der Waals surface area contributed by atoms with Crippen molar-refractivity contribution in [3.8, 4) is 0 Å². The van der Waals surface area contributed by atoms with Gasteiger partial charge in [-0.25, -0.2) is 0 Å². The fourth-order valence-electron chi connectivity index (χ4n) is 2.12. The van der Waals surface area contributed by atoms with Gasteiger partial charge in [0.15, 0.2) is 0 Å². The fraction of sp³-hybridized carbons (Fsp3) is 0.867. The molecule has 0 aliphatic rings. The van der Waals surface area contributed by atoms with Crippen LogP contribution >= 0.6 is 0 Å². The largest absolute Gasteiger partial charge is 0.0885 e. The Balaban J connectivity index is 3.54. The smallest absolute Gasteiger partial charge is 0.0351 e. The summed E-state index contributed by atoms with van der Waals surface area (Å²) in [5, 5.41) is 0. The highest BCUT2D eigenvalue weighted by Gasteiger charge is 2.12. The Bertz CT molecular complexity index is 146. The molecule has 0 aliphatic heterocycles. The SMILES string of the molecule is CCCC=CCCCC(CC)C(C)CC. The van der Waals surface area contributed by atoms with Gasteiger partial charge in [0.2, 0.25) is 0 Å². The molecule has 15 heavy (non-hydrogen) atoms. The zero-order valence-electron chi connectivity index (χ0n) is 11.3. The number of allylic oxidation sites excluding steroid dienone is 2. The molecule has 0 bridgehead atoms. The molecule has 0 N–H and O–H groups in total. The van der Waals surface area contributed by atoms with E-state index in [4.69, 9.17) is 0 Å². The van der Waals surface area contributed by atoms with Gasteiger partial charge >= 0.3 is 0 Å². The summed E-state index contributed by atoms with van der Waals surface area (Å²) in [5.41, 5.74) is 0. The van der Waals surface area contributed by atoms with Crippen LogP contribution in [-0.4, -0.2) is 0 Å². The van der Waals surface area contributed by atoms with Crippen molar-refractivity contribution in [2.45, 2.75) is 72.6 Å². The summed E-state index contributed by atoms with van der Waals surface area (Å²) in [5.74, 6) is 1.86. The molecular formula is C15H30. The molecule has 0 fully saturated rings. The first-order valence-corrected chi connectivity index (χ1v) is 6.91. The molecule has 0 saturated carbocycles. The molecule has 2 atom stereocenters. The third kappa shape index (κ3) is 7.64. The van der Waals surface area contributed by atoms with E-state index in [9.17, 15) is 0 Å². The van der Waals surface area contributed by atoms with Crippen LogP contribution in [0.2, 0.25) is 0 Å². The lowest BCUT2D eigenvalue weighted by atomic mass is 9.85. The van der Waals surface area contributed by atoms with Crippen LogP contribution in [0.1, 0.15) is 72.6 Å². The Labute approximate surface area is 97.2 Å². The second-order valence-corrected chi connectivity index (χ2v) is 4.74. The second kappa shape index (κ2) is 10.3. The van der Waals surface area contributed by atoms with Crippen molar-refractivity contribution in [3.63, 3.8) is 0 Å². The van der Waals surface area contributed by atoms with E-state index >= 15 is 0 Å². The van der Waals surface area contributed by atoms with Crippen LogP contribution in [0.15, 0.2) is 12.2 Å². The molecule has 0 aromatic rings. The summed E-state index contributed by atoms with van der Waals surface area (Å²) >= 11 is 0. The minimum absolute atomic E-state index is 0.912. The van der Waals surface area contributed by atoms with E-state index in [0.717, 1.165) is 11.8 Å². The van der Waals surface area contributed by atoms with Gasteiger partial charge in [0.25, 0.3) is 0 Å². The van der Waals surface area contributed by atoms with E-state index in [-0.39, 0.29) is 0 Å². The molecule has 0 heterocycles. The van der Waals surface area contributed by atoms with Gasteiger partial charge in [-0.05, 0) is 37.5 Å². The molecule has 90 valence electrons. The van der Waals surface area contributed by atoms with Crippen LogP contribution in [0, 0.1) is 11.8 Å². The highest BCUT2D eigenvalue weighted by molar-refractivity contribution is 4.81. The summed E-state index contributed by atoms with van der Waals surface area (Å²) in [6.07, 6.45) is 14.0. The van der Waals surface area contributed by atoms with Gasteiger partial charge < -0.3 is 0 Å². The van der Waals surface area contributed by atoms with E-state index in [1.54, 1.807) is 0 Å². The topological polar surface area (TPSA) is 0 Å². The summed E-state index contributed by atoms with van der Waals surface area (Å²) in [6.45, 7) is 9.29. The number of hydrogen-bond acceptors (Lipinski definition) is 0. The third-order valence-electron chi connectivity index (χ3n) is 3.54. The number of unbranched alkanes of at least 4 members (excludes halogenated alkanes) is 2.